The molecule has 120 valence electrons. The van der Waals surface area contributed by atoms with Crippen molar-refractivity contribution in [1.82, 2.24) is 10.2 Å². The van der Waals surface area contributed by atoms with Crippen LogP contribution in [0.15, 0.2) is 24.3 Å². The highest BCUT2D eigenvalue weighted by molar-refractivity contribution is 5.88. The Morgan fingerprint density at radius 3 is 2.77 bits per heavy atom. The Morgan fingerprint density at radius 2 is 2.09 bits per heavy atom. The second kappa shape index (κ2) is 6.37. The third-order valence-electron chi connectivity index (χ3n) is 5.15. The fourth-order valence-electron chi connectivity index (χ4n) is 3.99. The molecule has 3 nitrogen and oxygen atoms in total. The molecule has 2 fully saturated rings. The molecule has 1 aliphatic carbocycles. The molecule has 4 heteroatoms. The fourth-order valence-corrected chi connectivity index (χ4v) is 3.99. The molecule has 22 heavy (non-hydrogen) atoms. The average molecular weight is 304 g/mol. The van der Waals surface area contributed by atoms with Crippen molar-refractivity contribution in [3.63, 3.8) is 0 Å². The summed E-state index contributed by atoms with van der Waals surface area (Å²) < 4.78 is 13.7. The van der Waals surface area contributed by atoms with Gasteiger partial charge in [-0.05, 0) is 37.5 Å². The third-order valence-corrected chi connectivity index (χ3v) is 5.15. The van der Waals surface area contributed by atoms with Crippen LogP contribution in [-0.4, -0.2) is 36.5 Å². The van der Waals surface area contributed by atoms with Crippen LogP contribution in [0.25, 0.3) is 0 Å². The van der Waals surface area contributed by atoms with Crippen LogP contribution in [0, 0.1) is 5.82 Å². The number of hydrogen-bond donors (Lipinski definition) is 1. The summed E-state index contributed by atoms with van der Waals surface area (Å²) in [5.74, 6) is -0.0462. The van der Waals surface area contributed by atoms with E-state index < -0.39 is 5.41 Å². The van der Waals surface area contributed by atoms with Crippen LogP contribution in [0.3, 0.4) is 0 Å². The molecular formula is C18H25FN2O. The summed E-state index contributed by atoms with van der Waals surface area (Å²) in [6.45, 7) is 4.44. The van der Waals surface area contributed by atoms with Gasteiger partial charge in [-0.3, -0.25) is 4.79 Å². The van der Waals surface area contributed by atoms with Crippen molar-refractivity contribution in [2.24, 2.45) is 0 Å². The molecule has 1 saturated carbocycles. The van der Waals surface area contributed by atoms with Crippen molar-refractivity contribution in [2.75, 3.05) is 19.6 Å². The number of benzene rings is 1. The molecular weight excluding hydrogens is 279 g/mol. The van der Waals surface area contributed by atoms with Crippen molar-refractivity contribution < 1.29 is 9.18 Å². The molecule has 1 aromatic rings. The predicted octanol–water partition coefficient (Wildman–Crippen LogP) is 2.85. The quantitative estimate of drug-likeness (QED) is 0.911. The number of carbonyl (C=O) groups is 1. The smallest absolute Gasteiger partial charge is 0.233 e. The Kier molecular flexibility index (Phi) is 4.48. The number of hydrogen-bond acceptors (Lipinski definition) is 2. The zero-order valence-electron chi connectivity index (χ0n) is 13.3. The van der Waals surface area contributed by atoms with Crippen molar-refractivity contribution in [1.29, 1.82) is 0 Å². The second-order valence-electron chi connectivity index (χ2n) is 6.76. The molecule has 3 rings (SSSR count). The predicted molar refractivity (Wildman–Crippen MR) is 85.2 cm³/mol. The Balaban J connectivity index is 1.93. The minimum Gasteiger partial charge on any atom is -0.339 e. The van der Waals surface area contributed by atoms with E-state index in [4.69, 9.17) is 0 Å². The van der Waals surface area contributed by atoms with E-state index in [-0.39, 0.29) is 11.7 Å². The molecule has 0 aromatic heterocycles. The lowest BCUT2D eigenvalue weighted by molar-refractivity contribution is -0.140. The Morgan fingerprint density at radius 1 is 1.32 bits per heavy atom. The topological polar surface area (TPSA) is 32.3 Å². The van der Waals surface area contributed by atoms with Gasteiger partial charge in [0.25, 0.3) is 0 Å². The maximum Gasteiger partial charge on any atom is 0.233 e. The highest BCUT2D eigenvalue weighted by Gasteiger charge is 2.44. The molecule has 0 radical (unpaired) electrons. The first-order chi connectivity index (χ1) is 10.6. The van der Waals surface area contributed by atoms with Crippen molar-refractivity contribution >= 4 is 5.91 Å². The lowest BCUT2D eigenvalue weighted by Crippen LogP contribution is -2.56. The first kappa shape index (κ1) is 15.5. The number of rotatable bonds is 2. The van der Waals surface area contributed by atoms with Crippen LogP contribution in [0.2, 0.25) is 0 Å². The van der Waals surface area contributed by atoms with Crippen molar-refractivity contribution in [3.8, 4) is 0 Å². The maximum absolute atomic E-state index is 13.7. The van der Waals surface area contributed by atoms with Crippen LogP contribution in [0.1, 0.15) is 44.6 Å². The molecule has 1 aromatic carbocycles. The molecule has 1 saturated heterocycles. The molecule has 0 bridgehead atoms. The van der Waals surface area contributed by atoms with Gasteiger partial charge in [0.05, 0.1) is 5.41 Å². The largest absolute Gasteiger partial charge is 0.339 e. The van der Waals surface area contributed by atoms with Gasteiger partial charge in [0, 0.05) is 25.7 Å². The van der Waals surface area contributed by atoms with E-state index in [2.05, 4.69) is 12.2 Å². The lowest BCUT2D eigenvalue weighted by atomic mass is 9.68. The number of carbonyl (C=O) groups excluding carboxylic acids is 1. The zero-order chi connectivity index (χ0) is 15.6. The van der Waals surface area contributed by atoms with Gasteiger partial charge < -0.3 is 10.2 Å². The van der Waals surface area contributed by atoms with Gasteiger partial charge in [0.15, 0.2) is 0 Å². The van der Waals surface area contributed by atoms with E-state index >= 15 is 0 Å². The van der Waals surface area contributed by atoms with Gasteiger partial charge >= 0.3 is 0 Å². The summed E-state index contributed by atoms with van der Waals surface area (Å²) in [7, 11) is 0. The molecule has 2 aliphatic rings. The Bertz CT molecular complexity index is 540. The highest BCUT2D eigenvalue weighted by Crippen LogP contribution is 2.41. The molecule has 1 N–H and O–H groups in total. The molecule has 0 spiro atoms. The lowest BCUT2D eigenvalue weighted by Gasteiger charge is -2.42. The SMILES string of the molecule is CC1CN(C(=O)C2(c3cccc(F)c3)CCCCC2)CCN1. The number of nitrogens with zero attached hydrogens (tertiary/aromatic N) is 1. The van der Waals surface area contributed by atoms with Gasteiger partial charge in [-0.25, -0.2) is 4.39 Å². The summed E-state index contributed by atoms with van der Waals surface area (Å²) in [5, 5.41) is 3.38. The van der Waals surface area contributed by atoms with Crippen LogP contribution in [0.4, 0.5) is 4.39 Å². The monoisotopic (exact) mass is 304 g/mol. The minimum atomic E-state index is -0.516. The van der Waals surface area contributed by atoms with E-state index in [0.717, 1.165) is 50.9 Å². The van der Waals surface area contributed by atoms with Crippen molar-refractivity contribution in [2.45, 2.75) is 50.5 Å². The van der Waals surface area contributed by atoms with E-state index in [0.29, 0.717) is 6.04 Å². The first-order valence-corrected chi connectivity index (χ1v) is 8.41. The van der Waals surface area contributed by atoms with Crippen molar-refractivity contribution in [3.05, 3.63) is 35.6 Å². The third kappa shape index (κ3) is 2.89. The van der Waals surface area contributed by atoms with Gasteiger partial charge in [0.1, 0.15) is 5.82 Å². The molecule has 1 aliphatic heterocycles. The first-order valence-electron chi connectivity index (χ1n) is 8.41. The number of amides is 1. The van der Waals surface area contributed by atoms with E-state index in [1.165, 1.54) is 12.5 Å². The van der Waals surface area contributed by atoms with Gasteiger partial charge in [-0.1, -0.05) is 31.4 Å². The van der Waals surface area contributed by atoms with Crippen LogP contribution >= 0.6 is 0 Å². The van der Waals surface area contributed by atoms with Crippen LogP contribution in [-0.2, 0) is 10.2 Å². The number of nitrogens with one attached hydrogen (secondary N) is 1. The molecule has 1 unspecified atom stereocenters. The Labute approximate surface area is 131 Å². The summed E-state index contributed by atoms with van der Waals surface area (Å²) in [6.07, 6.45) is 4.94. The van der Waals surface area contributed by atoms with E-state index in [9.17, 15) is 9.18 Å². The highest BCUT2D eigenvalue weighted by atomic mass is 19.1. The van der Waals surface area contributed by atoms with Crippen LogP contribution < -0.4 is 5.32 Å². The Hall–Kier alpha value is -1.42. The summed E-state index contributed by atoms with van der Waals surface area (Å²) in [6, 6.07) is 7.00. The van der Waals surface area contributed by atoms with E-state index in [1.807, 2.05) is 11.0 Å². The minimum absolute atomic E-state index is 0.200. The van der Waals surface area contributed by atoms with Gasteiger partial charge in [-0.2, -0.15) is 0 Å². The van der Waals surface area contributed by atoms with Gasteiger partial charge in [0.2, 0.25) is 5.91 Å². The molecule has 1 heterocycles. The zero-order valence-corrected chi connectivity index (χ0v) is 13.3. The van der Waals surface area contributed by atoms with Crippen LogP contribution in [0.5, 0.6) is 0 Å². The standard InChI is InChI=1S/C18H25FN2O/c1-14-13-21(11-10-20-14)17(22)18(8-3-2-4-9-18)15-6-5-7-16(19)12-15/h5-7,12,14,20H,2-4,8-11,13H2,1H3. The molecule has 1 amide bonds. The van der Waals surface area contributed by atoms with Gasteiger partial charge in [-0.15, -0.1) is 0 Å². The second-order valence-corrected chi connectivity index (χ2v) is 6.76. The normalized spacial score (nSPS) is 25.0. The summed E-state index contributed by atoms with van der Waals surface area (Å²) >= 11 is 0. The summed E-state index contributed by atoms with van der Waals surface area (Å²) in [5.41, 5.74) is 0.348. The van der Waals surface area contributed by atoms with E-state index in [1.54, 1.807) is 12.1 Å². The average Bonchev–Trinajstić information content (AvgIpc) is 2.55. The number of halogens is 1. The number of piperazine rings is 1. The molecule has 1 atom stereocenters. The summed E-state index contributed by atoms with van der Waals surface area (Å²) in [4.78, 5) is 15.3. The fraction of sp³-hybridized carbons (Fsp3) is 0.611. The maximum atomic E-state index is 13.7.